The van der Waals surface area contributed by atoms with E-state index < -0.39 is 0 Å². The fourth-order valence-electron chi connectivity index (χ4n) is 2.25. The van der Waals surface area contributed by atoms with Gasteiger partial charge in [-0.05, 0) is 44.7 Å². The van der Waals surface area contributed by atoms with Crippen molar-refractivity contribution in [2.24, 2.45) is 11.3 Å². The molecular formula is C10H21N. The third-order valence-corrected chi connectivity index (χ3v) is 2.69. The maximum atomic E-state index is 2.39. The molecule has 1 aliphatic rings. The number of hydrogen-bond acceptors (Lipinski definition) is 1. The van der Waals surface area contributed by atoms with Crippen molar-refractivity contribution >= 4 is 0 Å². The van der Waals surface area contributed by atoms with Gasteiger partial charge in [-0.2, -0.15) is 0 Å². The van der Waals surface area contributed by atoms with Gasteiger partial charge in [0.05, 0.1) is 0 Å². The Hall–Kier alpha value is -0.0400. The van der Waals surface area contributed by atoms with Crippen LogP contribution in [-0.4, -0.2) is 25.5 Å². The van der Waals surface area contributed by atoms with Gasteiger partial charge < -0.3 is 4.90 Å². The zero-order valence-electron chi connectivity index (χ0n) is 8.35. The van der Waals surface area contributed by atoms with Crippen molar-refractivity contribution in [1.82, 2.24) is 4.90 Å². The molecule has 1 rings (SSSR count). The largest absolute Gasteiger partial charge is 0.309 e. The van der Waals surface area contributed by atoms with E-state index in [4.69, 9.17) is 0 Å². The number of nitrogens with zero attached hydrogens (tertiary/aromatic N) is 1. The summed E-state index contributed by atoms with van der Waals surface area (Å²) in [6.07, 6.45) is 4.28. The van der Waals surface area contributed by atoms with Crippen LogP contribution in [0.5, 0.6) is 0 Å². The topological polar surface area (TPSA) is 3.24 Å². The first-order chi connectivity index (χ1) is 4.99. The van der Waals surface area contributed by atoms with Crippen LogP contribution >= 0.6 is 0 Å². The molecule has 1 heteroatoms. The molecule has 1 fully saturated rings. The van der Waals surface area contributed by atoms with Gasteiger partial charge in [-0.3, -0.25) is 0 Å². The number of hydrogen-bond donors (Lipinski definition) is 0. The highest BCUT2D eigenvalue weighted by molar-refractivity contribution is 4.82. The second kappa shape index (κ2) is 3.14. The van der Waals surface area contributed by atoms with Gasteiger partial charge in [-0.1, -0.05) is 13.8 Å². The summed E-state index contributed by atoms with van der Waals surface area (Å²) in [6, 6.07) is 0. The van der Waals surface area contributed by atoms with E-state index in [0.29, 0.717) is 5.41 Å². The minimum Gasteiger partial charge on any atom is -0.309 e. The summed E-state index contributed by atoms with van der Waals surface area (Å²) in [4.78, 5) is 2.31. The third kappa shape index (κ3) is 2.82. The maximum absolute atomic E-state index is 2.39. The maximum Gasteiger partial charge on any atom is 0.000376 e. The monoisotopic (exact) mass is 155 g/mol. The molecule has 11 heavy (non-hydrogen) atoms. The van der Waals surface area contributed by atoms with Gasteiger partial charge in [0.2, 0.25) is 0 Å². The summed E-state index contributed by atoms with van der Waals surface area (Å²) < 4.78 is 0. The molecule has 1 atom stereocenters. The summed E-state index contributed by atoms with van der Waals surface area (Å²) in [5.41, 5.74) is 0.626. The van der Waals surface area contributed by atoms with Crippen LogP contribution in [0.15, 0.2) is 0 Å². The van der Waals surface area contributed by atoms with Gasteiger partial charge in [-0.25, -0.2) is 0 Å². The van der Waals surface area contributed by atoms with E-state index >= 15 is 0 Å². The first kappa shape index (κ1) is 9.05. The van der Waals surface area contributed by atoms with Crippen molar-refractivity contribution in [2.45, 2.75) is 33.1 Å². The SMILES string of the molecule is CN(C)CC1CCC(C)(C)C1. The van der Waals surface area contributed by atoms with Crippen molar-refractivity contribution in [3.63, 3.8) is 0 Å². The molecule has 0 spiro atoms. The molecule has 66 valence electrons. The Morgan fingerprint density at radius 2 is 2.00 bits per heavy atom. The Kier molecular flexibility index (Phi) is 2.58. The molecule has 1 nitrogen and oxygen atoms in total. The van der Waals surface area contributed by atoms with E-state index in [0.717, 1.165) is 5.92 Å². The van der Waals surface area contributed by atoms with Gasteiger partial charge in [0.25, 0.3) is 0 Å². The molecule has 1 unspecified atom stereocenters. The predicted octanol–water partition coefficient (Wildman–Crippen LogP) is 2.37. The normalized spacial score (nSPS) is 29.7. The fourth-order valence-corrected chi connectivity index (χ4v) is 2.25. The second-order valence-electron chi connectivity index (χ2n) is 5.04. The van der Waals surface area contributed by atoms with E-state index in [9.17, 15) is 0 Å². The van der Waals surface area contributed by atoms with Crippen molar-refractivity contribution in [2.75, 3.05) is 20.6 Å². The molecule has 0 aromatic heterocycles. The Labute approximate surface area is 70.8 Å². The van der Waals surface area contributed by atoms with Gasteiger partial charge in [0.1, 0.15) is 0 Å². The fraction of sp³-hybridized carbons (Fsp3) is 1.00. The Morgan fingerprint density at radius 3 is 2.36 bits per heavy atom. The minimum absolute atomic E-state index is 0.626. The van der Waals surface area contributed by atoms with Crippen LogP contribution in [0.3, 0.4) is 0 Å². The lowest BCUT2D eigenvalue weighted by atomic mass is 9.90. The Bertz CT molecular complexity index is 127. The molecule has 1 saturated carbocycles. The summed E-state index contributed by atoms with van der Waals surface area (Å²) in [5.74, 6) is 0.958. The van der Waals surface area contributed by atoms with E-state index in [1.165, 1.54) is 25.8 Å². The summed E-state index contributed by atoms with van der Waals surface area (Å²) in [6.45, 7) is 6.06. The zero-order valence-corrected chi connectivity index (χ0v) is 8.35. The zero-order chi connectivity index (χ0) is 8.48. The molecule has 0 bridgehead atoms. The second-order valence-corrected chi connectivity index (χ2v) is 5.04. The van der Waals surface area contributed by atoms with Crippen LogP contribution in [0.1, 0.15) is 33.1 Å². The van der Waals surface area contributed by atoms with Crippen molar-refractivity contribution in [3.8, 4) is 0 Å². The van der Waals surface area contributed by atoms with Gasteiger partial charge in [0.15, 0.2) is 0 Å². The Balaban J connectivity index is 2.31. The van der Waals surface area contributed by atoms with Crippen LogP contribution in [-0.2, 0) is 0 Å². The van der Waals surface area contributed by atoms with E-state index in [-0.39, 0.29) is 0 Å². The van der Waals surface area contributed by atoms with E-state index in [2.05, 4.69) is 32.8 Å². The summed E-state index contributed by atoms with van der Waals surface area (Å²) in [7, 11) is 4.34. The van der Waals surface area contributed by atoms with Gasteiger partial charge in [-0.15, -0.1) is 0 Å². The molecule has 0 aromatic rings. The molecule has 0 heterocycles. The highest BCUT2D eigenvalue weighted by Gasteiger charge is 2.30. The lowest BCUT2D eigenvalue weighted by molar-refractivity contribution is 0.299. The standard InChI is InChI=1S/C10H21N/c1-10(2)6-5-9(7-10)8-11(3)4/h9H,5-8H2,1-4H3. The Morgan fingerprint density at radius 1 is 1.36 bits per heavy atom. The van der Waals surface area contributed by atoms with Gasteiger partial charge >= 0.3 is 0 Å². The van der Waals surface area contributed by atoms with Crippen LogP contribution in [0, 0.1) is 11.3 Å². The average molecular weight is 155 g/mol. The molecule has 1 aliphatic carbocycles. The molecule has 0 saturated heterocycles. The predicted molar refractivity (Wildman–Crippen MR) is 49.7 cm³/mol. The quantitative estimate of drug-likeness (QED) is 0.592. The van der Waals surface area contributed by atoms with Crippen molar-refractivity contribution < 1.29 is 0 Å². The number of rotatable bonds is 2. The van der Waals surface area contributed by atoms with E-state index in [1.807, 2.05) is 0 Å². The summed E-state index contributed by atoms with van der Waals surface area (Å²) >= 11 is 0. The molecular weight excluding hydrogens is 134 g/mol. The molecule has 0 radical (unpaired) electrons. The molecule has 0 amide bonds. The molecule has 0 aromatic carbocycles. The lowest BCUT2D eigenvalue weighted by Gasteiger charge is -2.19. The van der Waals surface area contributed by atoms with Crippen molar-refractivity contribution in [1.29, 1.82) is 0 Å². The smallest absolute Gasteiger partial charge is 0.000376 e. The highest BCUT2D eigenvalue weighted by Crippen LogP contribution is 2.40. The van der Waals surface area contributed by atoms with Gasteiger partial charge in [0, 0.05) is 6.54 Å². The third-order valence-electron chi connectivity index (χ3n) is 2.69. The molecule has 0 N–H and O–H groups in total. The van der Waals surface area contributed by atoms with Crippen molar-refractivity contribution in [3.05, 3.63) is 0 Å². The van der Waals surface area contributed by atoms with Crippen LogP contribution in [0.2, 0.25) is 0 Å². The average Bonchev–Trinajstić information content (AvgIpc) is 2.08. The van der Waals surface area contributed by atoms with Crippen LogP contribution in [0.25, 0.3) is 0 Å². The summed E-state index contributed by atoms with van der Waals surface area (Å²) in [5, 5.41) is 0. The van der Waals surface area contributed by atoms with Crippen LogP contribution < -0.4 is 0 Å². The first-order valence-corrected chi connectivity index (χ1v) is 4.64. The lowest BCUT2D eigenvalue weighted by Crippen LogP contribution is -2.20. The first-order valence-electron chi connectivity index (χ1n) is 4.64. The minimum atomic E-state index is 0.626. The van der Waals surface area contributed by atoms with E-state index in [1.54, 1.807) is 0 Å². The van der Waals surface area contributed by atoms with Crippen LogP contribution in [0.4, 0.5) is 0 Å². The highest BCUT2D eigenvalue weighted by atomic mass is 15.1. The molecule has 0 aliphatic heterocycles.